The smallest absolute Gasteiger partial charge is 0.120 e. The highest BCUT2D eigenvalue weighted by atomic mass is 32.2. The number of ether oxygens (including phenoxy) is 1. The van der Waals surface area contributed by atoms with Crippen molar-refractivity contribution in [1.29, 1.82) is 0 Å². The molecule has 1 aromatic carbocycles. The van der Waals surface area contributed by atoms with Gasteiger partial charge < -0.3 is 10.1 Å². The molecule has 0 fully saturated rings. The van der Waals surface area contributed by atoms with Gasteiger partial charge in [-0.2, -0.15) is 11.8 Å². The van der Waals surface area contributed by atoms with Crippen LogP contribution in [0.1, 0.15) is 46.2 Å². The highest BCUT2D eigenvalue weighted by molar-refractivity contribution is 8.00. The van der Waals surface area contributed by atoms with E-state index >= 15 is 0 Å². The predicted octanol–water partition coefficient (Wildman–Crippen LogP) is 4.27. The van der Waals surface area contributed by atoms with Gasteiger partial charge in [-0.15, -0.1) is 0 Å². The number of nitrogens with one attached hydrogen (secondary N) is 1. The fourth-order valence-electron chi connectivity index (χ4n) is 1.76. The largest absolute Gasteiger partial charge is 0.491 e. The molecule has 0 spiro atoms. The number of hydrogen-bond acceptors (Lipinski definition) is 3. The maximum atomic E-state index is 5.76. The van der Waals surface area contributed by atoms with Crippen molar-refractivity contribution in [2.24, 2.45) is 0 Å². The SMILES string of the molecule is CNC(CSC(C)(C)C)c1cccc(OC(C)C)c1. The van der Waals surface area contributed by atoms with Crippen LogP contribution in [0.4, 0.5) is 0 Å². The fraction of sp³-hybridized carbons (Fsp3) is 0.625. The van der Waals surface area contributed by atoms with E-state index < -0.39 is 0 Å². The van der Waals surface area contributed by atoms with Gasteiger partial charge in [-0.1, -0.05) is 32.9 Å². The lowest BCUT2D eigenvalue weighted by Gasteiger charge is -2.23. The zero-order chi connectivity index (χ0) is 14.5. The first-order chi connectivity index (χ1) is 8.81. The molecule has 0 bridgehead atoms. The zero-order valence-electron chi connectivity index (χ0n) is 13.0. The maximum Gasteiger partial charge on any atom is 0.120 e. The summed E-state index contributed by atoms with van der Waals surface area (Å²) in [5.41, 5.74) is 1.29. The van der Waals surface area contributed by atoms with Gasteiger partial charge in [0.05, 0.1) is 6.10 Å². The normalized spacial score (nSPS) is 13.6. The zero-order valence-corrected chi connectivity index (χ0v) is 13.8. The van der Waals surface area contributed by atoms with E-state index in [4.69, 9.17) is 4.74 Å². The van der Waals surface area contributed by atoms with Crippen molar-refractivity contribution < 1.29 is 4.74 Å². The maximum absolute atomic E-state index is 5.76. The third-order valence-electron chi connectivity index (χ3n) is 2.66. The van der Waals surface area contributed by atoms with Crippen molar-refractivity contribution in [1.82, 2.24) is 5.32 Å². The summed E-state index contributed by atoms with van der Waals surface area (Å²) in [6, 6.07) is 8.76. The molecule has 1 rings (SSSR count). The first kappa shape index (κ1) is 16.4. The summed E-state index contributed by atoms with van der Waals surface area (Å²) in [4.78, 5) is 0. The van der Waals surface area contributed by atoms with Crippen LogP contribution in [0.15, 0.2) is 24.3 Å². The van der Waals surface area contributed by atoms with Gasteiger partial charge in [0.15, 0.2) is 0 Å². The molecule has 1 atom stereocenters. The number of hydrogen-bond donors (Lipinski definition) is 1. The minimum atomic E-state index is 0.215. The van der Waals surface area contributed by atoms with Crippen LogP contribution in [0, 0.1) is 0 Å². The Morgan fingerprint density at radius 3 is 2.47 bits per heavy atom. The summed E-state index contributed by atoms with van der Waals surface area (Å²) >= 11 is 1.98. The van der Waals surface area contributed by atoms with E-state index in [1.54, 1.807) is 0 Å². The van der Waals surface area contributed by atoms with Crippen LogP contribution in [0.25, 0.3) is 0 Å². The van der Waals surface area contributed by atoms with Crippen LogP contribution in [0.3, 0.4) is 0 Å². The Morgan fingerprint density at radius 1 is 1.26 bits per heavy atom. The highest BCUT2D eigenvalue weighted by Gasteiger charge is 2.16. The van der Waals surface area contributed by atoms with Gasteiger partial charge in [-0.25, -0.2) is 0 Å². The predicted molar refractivity (Wildman–Crippen MR) is 86.2 cm³/mol. The molecular weight excluding hydrogens is 254 g/mol. The Balaban J connectivity index is 2.75. The van der Waals surface area contributed by atoms with Gasteiger partial charge in [0.25, 0.3) is 0 Å². The molecule has 0 aromatic heterocycles. The molecule has 0 saturated carbocycles. The van der Waals surface area contributed by atoms with Gasteiger partial charge in [0, 0.05) is 16.5 Å². The first-order valence-corrected chi connectivity index (χ1v) is 7.88. The molecule has 0 saturated heterocycles. The van der Waals surface area contributed by atoms with E-state index in [0.29, 0.717) is 10.8 Å². The van der Waals surface area contributed by atoms with Crippen LogP contribution in [-0.2, 0) is 0 Å². The molecule has 108 valence electrons. The van der Waals surface area contributed by atoms with Gasteiger partial charge in [-0.05, 0) is 38.6 Å². The molecule has 1 aromatic rings. The minimum absolute atomic E-state index is 0.215. The quantitative estimate of drug-likeness (QED) is 0.841. The Hall–Kier alpha value is -0.670. The summed E-state index contributed by atoms with van der Waals surface area (Å²) in [6.45, 7) is 10.9. The van der Waals surface area contributed by atoms with E-state index in [0.717, 1.165) is 11.5 Å². The monoisotopic (exact) mass is 281 g/mol. The Kier molecular flexibility index (Phi) is 6.21. The summed E-state index contributed by atoms with van der Waals surface area (Å²) in [5.74, 6) is 2.01. The minimum Gasteiger partial charge on any atom is -0.491 e. The molecule has 0 radical (unpaired) electrons. The summed E-state index contributed by atoms with van der Waals surface area (Å²) < 4.78 is 6.05. The Labute approximate surface area is 122 Å². The molecular formula is C16H27NOS. The van der Waals surface area contributed by atoms with Gasteiger partial charge >= 0.3 is 0 Å². The van der Waals surface area contributed by atoms with Crippen molar-refractivity contribution in [3.05, 3.63) is 29.8 Å². The average Bonchev–Trinajstić information content (AvgIpc) is 2.28. The van der Waals surface area contributed by atoms with Crippen molar-refractivity contribution in [2.75, 3.05) is 12.8 Å². The molecule has 0 aliphatic heterocycles. The lowest BCUT2D eigenvalue weighted by molar-refractivity contribution is 0.242. The molecule has 0 amide bonds. The summed E-state index contributed by atoms with van der Waals surface area (Å²) in [5, 5.41) is 3.40. The van der Waals surface area contributed by atoms with E-state index in [1.165, 1.54) is 5.56 Å². The topological polar surface area (TPSA) is 21.3 Å². The lowest BCUT2D eigenvalue weighted by atomic mass is 10.1. The van der Waals surface area contributed by atoms with Gasteiger partial charge in [-0.3, -0.25) is 0 Å². The highest BCUT2D eigenvalue weighted by Crippen LogP contribution is 2.29. The number of benzene rings is 1. The van der Waals surface area contributed by atoms with Gasteiger partial charge in [0.1, 0.15) is 5.75 Å². The van der Waals surface area contributed by atoms with Crippen LogP contribution in [0.5, 0.6) is 5.75 Å². The summed E-state index contributed by atoms with van der Waals surface area (Å²) in [7, 11) is 2.02. The molecule has 0 aliphatic rings. The van der Waals surface area contributed by atoms with Crippen LogP contribution >= 0.6 is 11.8 Å². The third kappa shape index (κ3) is 6.35. The third-order valence-corrected chi connectivity index (χ3v) is 4.03. The van der Waals surface area contributed by atoms with Crippen LogP contribution < -0.4 is 10.1 Å². The molecule has 19 heavy (non-hydrogen) atoms. The molecule has 0 heterocycles. The molecule has 0 aliphatic carbocycles. The molecule has 1 unspecified atom stereocenters. The average molecular weight is 281 g/mol. The fourth-order valence-corrected chi connectivity index (χ4v) is 2.78. The Morgan fingerprint density at radius 2 is 1.95 bits per heavy atom. The first-order valence-electron chi connectivity index (χ1n) is 6.89. The number of thioether (sulfide) groups is 1. The van der Waals surface area contributed by atoms with Crippen LogP contribution in [-0.4, -0.2) is 23.7 Å². The van der Waals surface area contributed by atoms with E-state index in [2.05, 4.69) is 58.1 Å². The standard InChI is InChI=1S/C16H27NOS/c1-12(2)18-14-9-7-8-13(10-14)15(17-6)11-19-16(3,4)5/h7-10,12,15,17H,11H2,1-6H3. The van der Waals surface area contributed by atoms with E-state index in [1.807, 2.05) is 24.9 Å². The van der Waals surface area contributed by atoms with Crippen LogP contribution in [0.2, 0.25) is 0 Å². The molecule has 2 nitrogen and oxygen atoms in total. The summed E-state index contributed by atoms with van der Waals surface area (Å²) in [6.07, 6.45) is 0.215. The second-order valence-corrected chi connectivity index (χ2v) is 7.85. The van der Waals surface area contributed by atoms with Crippen molar-refractivity contribution >= 4 is 11.8 Å². The van der Waals surface area contributed by atoms with Crippen molar-refractivity contribution in [3.63, 3.8) is 0 Å². The number of rotatable bonds is 6. The molecule has 1 N–H and O–H groups in total. The second-order valence-electron chi connectivity index (χ2n) is 6.00. The van der Waals surface area contributed by atoms with Crippen molar-refractivity contribution in [3.8, 4) is 5.75 Å². The van der Waals surface area contributed by atoms with Gasteiger partial charge in [0.2, 0.25) is 0 Å². The lowest BCUT2D eigenvalue weighted by Crippen LogP contribution is -2.22. The van der Waals surface area contributed by atoms with Crippen molar-refractivity contribution in [2.45, 2.75) is 51.5 Å². The Bertz CT molecular complexity index is 385. The second kappa shape index (κ2) is 7.20. The molecule has 3 heteroatoms. The van der Waals surface area contributed by atoms with E-state index in [9.17, 15) is 0 Å². The van der Waals surface area contributed by atoms with E-state index in [-0.39, 0.29) is 6.10 Å².